The van der Waals surface area contributed by atoms with Gasteiger partial charge in [-0.1, -0.05) is 25.0 Å². The van der Waals surface area contributed by atoms with Crippen LogP contribution in [0, 0.1) is 5.92 Å². The second kappa shape index (κ2) is 7.71. The van der Waals surface area contributed by atoms with Gasteiger partial charge >= 0.3 is 6.61 Å². The van der Waals surface area contributed by atoms with Crippen LogP contribution in [-0.2, 0) is 0 Å². The average Bonchev–Trinajstić information content (AvgIpc) is 2.93. The number of hydrogen-bond donors (Lipinski definition) is 1. The van der Waals surface area contributed by atoms with Crippen LogP contribution in [0.3, 0.4) is 0 Å². The second-order valence-corrected chi connectivity index (χ2v) is 5.79. The summed E-state index contributed by atoms with van der Waals surface area (Å²) < 4.78 is 28.7. The van der Waals surface area contributed by atoms with E-state index in [0.717, 1.165) is 18.0 Å². The molecule has 1 fully saturated rings. The fourth-order valence-electron chi connectivity index (χ4n) is 3.17. The highest BCUT2D eigenvalue weighted by atomic mass is 19.3. The average molecular weight is 298 g/mol. The van der Waals surface area contributed by atoms with Crippen LogP contribution in [0.15, 0.2) is 24.3 Å². The Labute approximate surface area is 125 Å². The third-order valence-electron chi connectivity index (χ3n) is 4.27. The molecule has 0 saturated heterocycles. The van der Waals surface area contributed by atoms with E-state index in [9.17, 15) is 8.78 Å². The quantitative estimate of drug-likeness (QED) is 0.838. The molecular weight excluding hydrogens is 274 g/mol. The molecule has 0 amide bonds. The predicted octanol–water partition coefficient (Wildman–Crippen LogP) is 3.41. The lowest BCUT2D eigenvalue weighted by atomic mass is 10.0. The molecule has 5 heteroatoms. The number of alkyl halides is 2. The lowest BCUT2D eigenvalue weighted by molar-refractivity contribution is -0.0498. The maximum Gasteiger partial charge on any atom is 0.387 e. The number of likely N-dealkylation sites (N-methyl/N-ethyl adjacent to an activating group) is 1. The molecule has 1 atom stereocenters. The first-order chi connectivity index (χ1) is 10.1. The Morgan fingerprint density at radius 2 is 1.86 bits per heavy atom. The summed E-state index contributed by atoms with van der Waals surface area (Å²) in [6.07, 6.45) is 5.24. The van der Waals surface area contributed by atoms with Crippen LogP contribution < -0.4 is 10.5 Å². The van der Waals surface area contributed by atoms with E-state index in [1.54, 1.807) is 12.1 Å². The van der Waals surface area contributed by atoms with E-state index < -0.39 is 6.61 Å². The fourth-order valence-corrected chi connectivity index (χ4v) is 3.17. The zero-order valence-corrected chi connectivity index (χ0v) is 12.5. The summed E-state index contributed by atoms with van der Waals surface area (Å²) in [7, 11) is 2.08. The molecule has 1 unspecified atom stereocenters. The molecule has 0 heterocycles. The minimum Gasteiger partial charge on any atom is -0.435 e. The molecule has 2 rings (SSSR count). The van der Waals surface area contributed by atoms with Crippen molar-refractivity contribution in [3.63, 3.8) is 0 Å². The molecule has 1 aromatic carbocycles. The van der Waals surface area contributed by atoms with Gasteiger partial charge in [0, 0.05) is 19.1 Å². The molecule has 0 spiro atoms. The van der Waals surface area contributed by atoms with Gasteiger partial charge in [-0.05, 0) is 43.5 Å². The SMILES string of the molecule is CN(CC1CCCC1)C(CN)c1ccc(OC(F)F)cc1. The highest BCUT2D eigenvalue weighted by Crippen LogP contribution is 2.28. The molecule has 118 valence electrons. The topological polar surface area (TPSA) is 38.5 Å². The van der Waals surface area contributed by atoms with Gasteiger partial charge in [-0.15, -0.1) is 0 Å². The van der Waals surface area contributed by atoms with Gasteiger partial charge in [-0.2, -0.15) is 8.78 Å². The number of rotatable bonds is 7. The molecular formula is C16H24F2N2O. The van der Waals surface area contributed by atoms with Crippen LogP contribution in [0.2, 0.25) is 0 Å². The molecule has 0 bridgehead atoms. The summed E-state index contributed by atoms with van der Waals surface area (Å²) in [5.74, 6) is 0.938. The lowest BCUT2D eigenvalue weighted by Crippen LogP contribution is -2.33. The number of nitrogens with two attached hydrogens (primary N) is 1. The van der Waals surface area contributed by atoms with Crippen LogP contribution in [0.25, 0.3) is 0 Å². The molecule has 0 radical (unpaired) electrons. The minimum absolute atomic E-state index is 0.117. The van der Waals surface area contributed by atoms with E-state index >= 15 is 0 Å². The van der Waals surface area contributed by atoms with E-state index in [0.29, 0.717) is 6.54 Å². The van der Waals surface area contributed by atoms with Crippen LogP contribution in [0.1, 0.15) is 37.3 Å². The van der Waals surface area contributed by atoms with Crippen molar-refractivity contribution in [2.75, 3.05) is 20.1 Å². The normalized spacial score (nSPS) is 17.6. The summed E-state index contributed by atoms with van der Waals surface area (Å²) >= 11 is 0. The third-order valence-corrected chi connectivity index (χ3v) is 4.27. The van der Waals surface area contributed by atoms with Crippen molar-refractivity contribution in [2.24, 2.45) is 11.7 Å². The molecule has 3 nitrogen and oxygen atoms in total. The Morgan fingerprint density at radius 1 is 1.24 bits per heavy atom. The number of halogens is 2. The van der Waals surface area contributed by atoms with Crippen molar-refractivity contribution in [3.8, 4) is 5.75 Å². The van der Waals surface area contributed by atoms with Crippen molar-refractivity contribution in [2.45, 2.75) is 38.3 Å². The van der Waals surface area contributed by atoms with Gasteiger partial charge in [0.15, 0.2) is 0 Å². The fraction of sp³-hybridized carbons (Fsp3) is 0.625. The Kier molecular flexibility index (Phi) is 5.94. The Bertz CT molecular complexity index is 419. The van der Waals surface area contributed by atoms with Gasteiger partial charge in [0.25, 0.3) is 0 Å². The second-order valence-electron chi connectivity index (χ2n) is 5.79. The van der Waals surface area contributed by atoms with Crippen LogP contribution in [-0.4, -0.2) is 31.6 Å². The first-order valence-corrected chi connectivity index (χ1v) is 7.55. The lowest BCUT2D eigenvalue weighted by Gasteiger charge is -2.29. The highest BCUT2D eigenvalue weighted by Gasteiger charge is 2.22. The van der Waals surface area contributed by atoms with Crippen molar-refractivity contribution >= 4 is 0 Å². The minimum atomic E-state index is -2.79. The number of nitrogens with zero attached hydrogens (tertiary/aromatic N) is 1. The van der Waals surface area contributed by atoms with Gasteiger partial charge in [0.2, 0.25) is 0 Å². The Balaban J connectivity index is 1.98. The smallest absolute Gasteiger partial charge is 0.387 e. The maximum atomic E-state index is 12.2. The maximum absolute atomic E-state index is 12.2. The molecule has 0 aliphatic heterocycles. The largest absolute Gasteiger partial charge is 0.435 e. The molecule has 1 aliphatic rings. The van der Waals surface area contributed by atoms with Crippen LogP contribution >= 0.6 is 0 Å². The van der Waals surface area contributed by atoms with E-state index in [1.165, 1.54) is 25.7 Å². The summed E-state index contributed by atoms with van der Waals surface area (Å²) in [5, 5.41) is 0. The van der Waals surface area contributed by atoms with Gasteiger partial charge in [-0.3, -0.25) is 4.90 Å². The Morgan fingerprint density at radius 3 is 2.38 bits per heavy atom. The molecule has 1 saturated carbocycles. The number of benzene rings is 1. The highest BCUT2D eigenvalue weighted by molar-refractivity contribution is 5.29. The first kappa shape index (κ1) is 16.2. The van der Waals surface area contributed by atoms with Crippen molar-refractivity contribution in [1.82, 2.24) is 4.90 Å². The Hall–Kier alpha value is -1.20. The number of hydrogen-bond acceptors (Lipinski definition) is 3. The van der Waals surface area contributed by atoms with Crippen molar-refractivity contribution in [3.05, 3.63) is 29.8 Å². The van der Waals surface area contributed by atoms with Gasteiger partial charge in [0.05, 0.1) is 0 Å². The predicted molar refractivity (Wildman–Crippen MR) is 79.5 cm³/mol. The molecule has 2 N–H and O–H groups in total. The summed E-state index contributed by atoms with van der Waals surface area (Å²) in [4.78, 5) is 2.28. The van der Waals surface area contributed by atoms with Crippen molar-refractivity contribution < 1.29 is 13.5 Å². The first-order valence-electron chi connectivity index (χ1n) is 7.55. The van der Waals surface area contributed by atoms with E-state index in [-0.39, 0.29) is 11.8 Å². The molecule has 0 aromatic heterocycles. The third kappa shape index (κ3) is 4.64. The molecule has 1 aromatic rings. The summed E-state index contributed by atoms with van der Waals surface area (Å²) in [6.45, 7) is -1.23. The van der Waals surface area contributed by atoms with Crippen LogP contribution in [0.5, 0.6) is 5.75 Å². The summed E-state index contributed by atoms with van der Waals surface area (Å²) in [6, 6.07) is 6.91. The van der Waals surface area contributed by atoms with E-state index in [1.807, 2.05) is 12.1 Å². The summed E-state index contributed by atoms with van der Waals surface area (Å²) in [5.41, 5.74) is 6.95. The number of ether oxygens (including phenoxy) is 1. The molecule has 1 aliphatic carbocycles. The zero-order chi connectivity index (χ0) is 15.2. The van der Waals surface area contributed by atoms with E-state index in [2.05, 4.69) is 16.7 Å². The zero-order valence-electron chi connectivity index (χ0n) is 12.5. The monoisotopic (exact) mass is 298 g/mol. The van der Waals surface area contributed by atoms with Crippen LogP contribution in [0.4, 0.5) is 8.78 Å². The van der Waals surface area contributed by atoms with Gasteiger partial charge in [-0.25, -0.2) is 0 Å². The van der Waals surface area contributed by atoms with Gasteiger partial charge in [0.1, 0.15) is 5.75 Å². The molecule has 21 heavy (non-hydrogen) atoms. The standard InChI is InChI=1S/C16H24F2N2O/c1-20(11-12-4-2-3-5-12)15(10-19)13-6-8-14(9-7-13)21-16(17)18/h6-9,12,15-16H,2-5,10-11,19H2,1H3. The van der Waals surface area contributed by atoms with Gasteiger partial charge < -0.3 is 10.5 Å². The van der Waals surface area contributed by atoms with Crippen molar-refractivity contribution in [1.29, 1.82) is 0 Å². The van der Waals surface area contributed by atoms with E-state index in [4.69, 9.17) is 5.73 Å².